The van der Waals surface area contributed by atoms with E-state index in [2.05, 4.69) is 5.32 Å². The van der Waals surface area contributed by atoms with Crippen molar-refractivity contribution in [3.8, 4) is 11.5 Å². The quantitative estimate of drug-likeness (QED) is 0.810. The third kappa shape index (κ3) is 4.51. The van der Waals surface area contributed by atoms with Crippen molar-refractivity contribution in [1.29, 1.82) is 0 Å². The number of nitrogens with one attached hydrogen (secondary N) is 1. The Balaban J connectivity index is 2.11. The molecule has 0 spiro atoms. The summed E-state index contributed by atoms with van der Waals surface area (Å²) in [7, 11) is 3.21. The van der Waals surface area contributed by atoms with Crippen molar-refractivity contribution in [3.05, 3.63) is 59.7 Å². The summed E-state index contributed by atoms with van der Waals surface area (Å²) < 4.78 is 10.7. The molecule has 0 saturated carbocycles. The molecule has 1 amide bonds. The van der Waals surface area contributed by atoms with Crippen molar-refractivity contribution < 1.29 is 14.3 Å². The summed E-state index contributed by atoms with van der Waals surface area (Å²) in [5.41, 5.74) is 8.05. The Morgan fingerprint density at radius 3 is 2.32 bits per heavy atom. The van der Waals surface area contributed by atoms with Gasteiger partial charge in [0, 0.05) is 11.6 Å². The summed E-state index contributed by atoms with van der Waals surface area (Å²) in [5, 5.41) is 3.02. The van der Waals surface area contributed by atoms with Crippen LogP contribution < -0.4 is 20.5 Å². The first kappa shape index (κ1) is 18.8. The van der Waals surface area contributed by atoms with E-state index in [0.717, 1.165) is 11.1 Å². The molecule has 2 aromatic rings. The first-order valence-electron chi connectivity index (χ1n) is 8.30. The molecular weight excluding hydrogens is 316 g/mol. The molecule has 2 aromatic carbocycles. The van der Waals surface area contributed by atoms with Crippen LogP contribution >= 0.6 is 0 Å². The zero-order valence-corrected chi connectivity index (χ0v) is 15.2. The Kier molecular flexibility index (Phi) is 6.42. The number of methoxy groups -OCH3 is 2. The lowest BCUT2D eigenvalue weighted by Gasteiger charge is -2.23. The number of carbonyl (C=O) groups is 1. The molecule has 0 radical (unpaired) electrons. The van der Waals surface area contributed by atoms with Gasteiger partial charge in [0.25, 0.3) is 0 Å². The van der Waals surface area contributed by atoms with Gasteiger partial charge in [-0.1, -0.05) is 37.3 Å². The number of hydrogen-bond donors (Lipinski definition) is 2. The molecule has 0 aromatic heterocycles. The predicted octanol–water partition coefficient (Wildman–Crippen LogP) is 3.22. The third-order valence-corrected chi connectivity index (χ3v) is 4.40. The Bertz CT molecular complexity index is 703. The fourth-order valence-electron chi connectivity index (χ4n) is 2.73. The van der Waals surface area contributed by atoms with Crippen LogP contribution in [-0.2, 0) is 4.79 Å². The number of rotatable bonds is 7. The minimum atomic E-state index is -0.361. The van der Waals surface area contributed by atoms with Crippen LogP contribution in [0.15, 0.2) is 48.5 Å². The van der Waals surface area contributed by atoms with E-state index in [0.29, 0.717) is 11.5 Å². The molecule has 2 rings (SSSR count). The Morgan fingerprint density at radius 2 is 1.72 bits per heavy atom. The van der Waals surface area contributed by atoms with Crippen LogP contribution in [0.1, 0.15) is 37.1 Å². The Labute approximate surface area is 149 Å². The number of ether oxygens (including phenoxy) is 2. The maximum atomic E-state index is 12.6. The van der Waals surface area contributed by atoms with E-state index in [1.807, 2.05) is 62.4 Å². The molecule has 0 heterocycles. The molecular formula is C20H26N2O3. The topological polar surface area (TPSA) is 73.6 Å². The molecule has 25 heavy (non-hydrogen) atoms. The number of carbonyl (C=O) groups excluding carboxylic acids is 1. The zero-order valence-electron chi connectivity index (χ0n) is 15.2. The van der Waals surface area contributed by atoms with Crippen molar-refractivity contribution in [3.63, 3.8) is 0 Å². The second-order valence-electron chi connectivity index (χ2n) is 6.06. The molecule has 3 N–H and O–H groups in total. The smallest absolute Gasteiger partial charge is 0.225 e. The zero-order chi connectivity index (χ0) is 18.4. The molecule has 0 fully saturated rings. The summed E-state index contributed by atoms with van der Waals surface area (Å²) in [6.07, 6.45) is 0. The fourth-order valence-corrected chi connectivity index (χ4v) is 2.73. The van der Waals surface area contributed by atoms with Gasteiger partial charge in [0.05, 0.1) is 26.2 Å². The minimum absolute atomic E-state index is 0.103. The SMILES string of the molecule is COc1ccc(OC)c(C(C)NC(=O)C(C)C(N)c2ccccc2)c1. The van der Waals surface area contributed by atoms with Crippen molar-refractivity contribution in [1.82, 2.24) is 5.32 Å². The van der Waals surface area contributed by atoms with Gasteiger partial charge in [-0.15, -0.1) is 0 Å². The molecule has 0 aliphatic heterocycles. The lowest BCUT2D eigenvalue weighted by molar-refractivity contribution is -0.125. The average Bonchev–Trinajstić information content (AvgIpc) is 2.66. The Morgan fingerprint density at radius 1 is 1.04 bits per heavy atom. The van der Waals surface area contributed by atoms with E-state index in [1.165, 1.54) is 0 Å². The van der Waals surface area contributed by atoms with Gasteiger partial charge in [-0.05, 0) is 30.7 Å². The molecule has 0 aliphatic rings. The second kappa shape index (κ2) is 8.53. The number of nitrogens with two attached hydrogens (primary N) is 1. The predicted molar refractivity (Wildman–Crippen MR) is 98.6 cm³/mol. The van der Waals surface area contributed by atoms with Gasteiger partial charge in [0.1, 0.15) is 11.5 Å². The molecule has 134 valence electrons. The van der Waals surface area contributed by atoms with Crippen molar-refractivity contribution >= 4 is 5.91 Å². The monoisotopic (exact) mass is 342 g/mol. The van der Waals surface area contributed by atoms with Crippen LogP contribution in [-0.4, -0.2) is 20.1 Å². The summed E-state index contributed by atoms with van der Waals surface area (Å²) in [5.74, 6) is 0.953. The van der Waals surface area contributed by atoms with Crippen molar-refractivity contribution in [2.45, 2.75) is 25.9 Å². The van der Waals surface area contributed by atoms with Gasteiger partial charge in [0.2, 0.25) is 5.91 Å². The molecule has 3 atom stereocenters. The molecule has 0 bridgehead atoms. The van der Waals surface area contributed by atoms with E-state index in [4.69, 9.17) is 15.2 Å². The fraction of sp³-hybridized carbons (Fsp3) is 0.350. The van der Waals surface area contributed by atoms with E-state index in [9.17, 15) is 4.79 Å². The highest BCUT2D eigenvalue weighted by molar-refractivity contribution is 5.79. The molecule has 0 saturated heterocycles. The molecule has 5 heteroatoms. The molecule has 5 nitrogen and oxygen atoms in total. The van der Waals surface area contributed by atoms with Crippen LogP contribution in [0.25, 0.3) is 0 Å². The maximum absolute atomic E-state index is 12.6. The van der Waals surface area contributed by atoms with Gasteiger partial charge in [0.15, 0.2) is 0 Å². The standard InChI is InChI=1S/C20H26N2O3/c1-13(19(21)15-8-6-5-7-9-15)20(23)22-14(2)17-12-16(24-3)10-11-18(17)25-4/h5-14,19H,21H2,1-4H3,(H,22,23). The average molecular weight is 342 g/mol. The number of hydrogen-bond acceptors (Lipinski definition) is 4. The van der Waals surface area contributed by atoms with Gasteiger partial charge < -0.3 is 20.5 Å². The number of benzene rings is 2. The first-order valence-corrected chi connectivity index (χ1v) is 8.30. The van der Waals surface area contributed by atoms with Crippen LogP contribution in [0.2, 0.25) is 0 Å². The van der Waals surface area contributed by atoms with Crippen LogP contribution in [0.4, 0.5) is 0 Å². The van der Waals surface area contributed by atoms with Crippen LogP contribution in [0, 0.1) is 5.92 Å². The lowest BCUT2D eigenvalue weighted by Crippen LogP contribution is -2.37. The van der Waals surface area contributed by atoms with Crippen molar-refractivity contribution in [2.75, 3.05) is 14.2 Å². The lowest BCUT2D eigenvalue weighted by atomic mass is 9.94. The minimum Gasteiger partial charge on any atom is -0.497 e. The Hall–Kier alpha value is -2.53. The number of amides is 1. The summed E-state index contributed by atoms with van der Waals surface area (Å²) in [6, 6.07) is 14.6. The van der Waals surface area contributed by atoms with Gasteiger partial charge in [-0.2, -0.15) is 0 Å². The maximum Gasteiger partial charge on any atom is 0.225 e. The van der Waals surface area contributed by atoms with E-state index < -0.39 is 0 Å². The molecule has 3 unspecified atom stereocenters. The van der Waals surface area contributed by atoms with Crippen LogP contribution in [0.5, 0.6) is 11.5 Å². The highest BCUT2D eigenvalue weighted by Gasteiger charge is 2.24. The second-order valence-corrected chi connectivity index (χ2v) is 6.06. The summed E-state index contributed by atoms with van der Waals surface area (Å²) in [6.45, 7) is 3.75. The van der Waals surface area contributed by atoms with Gasteiger partial charge in [-0.3, -0.25) is 4.79 Å². The highest BCUT2D eigenvalue weighted by atomic mass is 16.5. The van der Waals surface area contributed by atoms with Crippen molar-refractivity contribution in [2.24, 2.45) is 11.7 Å². The highest BCUT2D eigenvalue weighted by Crippen LogP contribution is 2.30. The first-order chi connectivity index (χ1) is 12.0. The van der Waals surface area contributed by atoms with E-state index >= 15 is 0 Å². The third-order valence-electron chi connectivity index (χ3n) is 4.40. The summed E-state index contributed by atoms with van der Waals surface area (Å²) >= 11 is 0. The van der Waals surface area contributed by atoms with Crippen LogP contribution in [0.3, 0.4) is 0 Å². The molecule has 0 aliphatic carbocycles. The summed E-state index contributed by atoms with van der Waals surface area (Å²) in [4.78, 5) is 12.6. The van der Waals surface area contributed by atoms with Gasteiger partial charge in [-0.25, -0.2) is 0 Å². The van der Waals surface area contributed by atoms with Gasteiger partial charge >= 0.3 is 0 Å². The van der Waals surface area contributed by atoms with E-state index in [-0.39, 0.29) is 23.9 Å². The normalized spacial score (nSPS) is 14.3. The van der Waals surface area contributed by atoms with E-state index in [1.54, 1.807) is 14.2 Å². The largest absolute Gasteiger partial charge is 0.497 e.